The third-order valence-electron chi connectivity index (χ3n) is 3.39. The van der Waals surface area contributed by atoms with E-state index >= 15 is 0 Å². The quantitative estimate of drug-likeness (QED) is 0.754. The summed E-state index contributed by atoms with van der Waals surface area (Å²) in [6.07, 6.45) is 1.21. The first-order valence-corrected chi connectivity index (χ1v) is 6.22. The van der Waals surface area contributed by atoms with Gasteiger partial charge in [0.05, 0.1) is 12.0 Å². The fourth-order valence-corrected chi connectivity index (χ4v) is 2.01. The molecule has 1 heterocycles. The Morgan fingerprint density at radius 1 is 1.37 bits per heavy atom. The molecule has 0 aromatic rings. The molecule has 1 saturated heterocycles. The molecule has 0 aromatic carbocycles. The lowest BCUT2D eigenvalue weighted by Crippen LogP contribution is -2.52. The van der Waals surface area contributed by atoms with Gasteiger partial charge < -0.3 is 20.2 Å². The van der Waals surface area contributed by atoms with Gasteiger partial charge >= 0.3 is 12.0 Å². The number of carboxylic acid groups (broad SMARTS) is 1. The van der Waals surface area contributed by atoms with Crippen LogP contribution in [-0.4, -0.2) is 66.5 Å². The van der Waals surface area contributed by atoms with E-state index in [1.165, 1.54) is 9.80 Å². The van der Waals surface area contributed by atoms with Gasteiger partial charge in [-0.1, -0.05) is 0 Å². The number of carboxylic acids is 1. The number of likely N-dealkylation sites (N-methyl/N-ethyl adjacent to an activating group) is 1. The van der Waals surface area contributed by atoms with Gasteiger partial charge in [-0.15, -0.1) is 0 Å². The first kappa shape index (κ1) is 15.3. The number of nitrogens with one attached hydrogen (secondary N) is 1. The number of amides is 3. The number of hydrogen-bond acceptors (Lipinski definition) is 3. The van der Waals surface area contributed by atoms with E-state index in [0.717, 1.165) is 0 Å². The Morgan fingerprint density at radius 3 is 2.53 bits per heavy atom. The predicted molar refractivity (Wildman–Crippen MR) is 68.6 cm³/mol. The zero-order valence-corrected chi connectivity index (χ0v) is 11.6. The van der Waals surface area contributed by atoms with Crippen LogP contribution in [-0.2, 0) is 9.59 Å². The number of hydrogen-bond donors (Lipinski definition) is 2. The molecule has 108 valence electrons. The van der Waals surface area contributed by atoms with Crippen molar-refractivity contribution in [3.05, 3.63) is 0 Å². The van der Waals surface area contributed by atoms with Crippen LogP contribution in [0.5, 0.6) is 0 Å². The average Bonchev–Trinajstić information content (AvgIpc) is 2.35. The highest BCUT2D eigenvalue weighted by molar-refractivity contribution is 5.84. The Balaban J connectivity index is 2.53. The van der Waals surface area contributed by atoms with Crippen LogP contribution in [0.4, 0.5) is 4.79 Å². The van der Waals surface area contributed by atoms with Crippen molar-refractivity contribution in [3.63, 3.8) is 0 Å². The third-order valence-corrected chi connectivity index (χ3v) is 3.39. The van der Waals surface area contributed by atoms with Crippen LogP contribution in [0.25, 0.3) is 0 Å². The van der Waals surface area contributed by atoms with E-state index in [9.17, 15) is 14.4 Å². The minimum absolute atomic E-state index is 0.0773. The van der Waals surface area contributed by atoms with Crippen molar-refractivity contribution in [1.29, 1.82) is 0 Å². The molecule has 0 spiro atoms. The van der Waals surface area contributed by atoms with Crippen LogP contribution in [0.3, 0.4) is 0 Å². The summed E-state index contributed by atoms with van der Waals surface area (Å²) in [6.45, 7) is 2.25. The Bertz CT molecular complexity index is 383. The lowest BCUT2D eigenvalue weighted by Gasteiger charge is -2.37. The van der Waals surface area contributed by atoms with Crippen LogP contribution >= 0.6 is 0 Å². The van der Waals surface area contributed by atoms with Gasteiger partial charge in [0.15, 0.2) is 0 Å². The summed E-state index contributed by atoms with van der Waals surface area (Å²) in [5.74, 6) is -1.10. The van der Waals surface area contributed by atoms with E-state index in [1.54, 1.807) is 21.0 Å². The predicted octanol–water partition coefficient (Wildman–Crippen LogP) is -0.0291. The zero-order valence-electron chi connectivity index (χ0n) is 11.6. The van der Waals surface area contributed by atoms with Crippen molar-refractivity contribution in [3.8, 4) is 0 Å². The molecule has 7 heteroatoms. The second kappa shape index (κ2) is 5.90. The summed E-state index contributed by atoms with van der Waals surface area (Å²) in [7, 11) is 3.22. The Morgan fingerprint density at radius 2 is 2.00 bits per heavy atom. The SMILES string of the molecule is CN(C)C(=O)CNC(=O)N1CCCC(C)(C(=O)O)C1. The highest BCUT2D eigenvalue weighted by atomic mass is 16.4. The van der Waals surface area contributed by atoms with Gasteiger partial charge in [0.25, 0.3) is 0 Å². The summed E-state index contributed by atoms with van der Waals surface area (Å²) in [4.78, 5) is 37.3. The van der Waals surface area contributed by atoms with Gasteiger partial charge in [0, 0.05) is 27.2 Å². The van der Waals surface area contributed by atoms with Crippen molar-refractivity contribution in [2.75, 3.05) is 33.7 Å². The fourth-order valence-electron chi connectivity index (χ4n) is 2.01. The van der Waals surface area contributed by atoms with Crippen LogP contribution in [0.2, 0.25) is 0 Å². The normalized spacial score (nSPS) is 22.8. The molecule has 1 fully saturated rings. The van der Waals surface area contributed by atoms with Gasteiger partial charge in [-0.2, -0.15) is 0 Å². The van der Waals surface area contributed by atoms with Crippen LogP contribution < -0.4 is 5.32 Å². The molecule has 0 radical (unpaired) electrons. The van der Waals surface area contributed by atoms with Crippen molar-refractivity contribution >= 4 is 17.9 Å². The molecule has 1 unspecified atom stereocenters. The van der Waals surface area contributed by atoms with Crippen molar-refractivity contribution in [2.45, 2.75) is 19.8 Å². The summed E-state index contributed by atoms with van der Waals surface area (Å²) < 4.78 is 0. The molecule has 2 N–H and O–H groups in total. The molecule has 1 atom stereocenters. The maximum absolute atomic E-state index is 11.9. The molecule has 1 aliphatic heterocycles. The van der Waals surface area contributed by atoms with E-state index in [4.69, 9.17) is 5.11 Å². The third kappa shape index (κ3) is 3.84. The van der Waals surface area contributed by atoms with Gasteiger partial charge in [-0.05, 0) is 19.8 Å². The number of urea groups is 1. The highest BCUT2D eigenvalue weighted by Crippen LogP contribution is 2.29. The summed E-state index contributed by atoms with van der Waals surface area (Å²) in [5, 5.41) is 11.7. The zero-order chi connectivity index (χ0) is 14.6. The molecule has 0 bridgehead atoms. The number of carbonyl (C=O) groups excluding carboxylic acids is 2. The molecule has 3 amide bonds. The summed E-state index contributed by atoms with van der Waals surface area (Å²) in [6, 6.07) is -0.387. The van der Waals surface area contributed by atoms with Gasteiger partial charge in [-0.3, -0.25) is 9.59 Å². The van der Waals surface area contributed by atoms with Crippen molar-refractivity contribution in [1.82, 2.24) is 15.1 Å². The van der Waals surface area contributed by atoms with Crippen LogP contribution in [0.1, 0.15) is 19.8 Å². The van der Waals surface area contributed by atoms with Crippen LogP contribution in [0, 0.1) is 5.41 Å². The van der Waals surface area contributed by atoms with Gasteiger partial charge in [0.2, 0.25) is 5.91 Å². The second-order valence-electron chi connectivity index (χ2n) is 5.34. The van der Waals surface area contributed by atoms with Gasteiger partial charge in [0.1, 0.15) is 0 Å². The average molecular weight is 271 g/mol. The standard InChI is InChI=1S/C12H21N3O4/c1-12(10(17)18)5-4-6-15(8-12)11(19)13-7-9(16)14(2)3/h4-8H2,1-3H3,(H,13,19)(H,17,18). The monoisotopic (exact) mass is 271 g/mol. The largest absolute Gasteiger partial charge is 0.481 e. The molecule has 0 saturated carbocycles. The Kier molecular flexibility index (Phi) is 4.74. The van der Waals surface area contributed by atoms with E-state index in [0.29, 0.717) is 19.4 Å². The molecular weight excluding hydrogens is 250 g/mol. The fraction of sp³-hybridized carbons (Fsp3) is 0.750. The first-order valence-electron chi connectivity index (χ1n) is 6.22. The smallest absolute Gasteiger partial charge is 0.317 e. The highest BCUT2D eigenvalue weighted by Gasteiger charge is 2.39. The molecule has 0 aliphatic carbocycles. The minimum atomic E-state index is -0.902. The summed E-state index contributed by atoms with van der Waals surface area (Å²) in [5.41, 5.74) is -0.902. The molecule has 0 aromatic heterocycles. The van der Waals surface area contributed by atoms with Crippen LogP contribution in [0.15, 0.2) is 0 Å². The number of piperidine rings is 1. The van der Waals surface area contributed by atoms with E-state index in [-0.39, 0.29) is 25.0 Å². The maximum Gasteiger partial charge on any atom is 0.317 e. The first-order chi connectivity index (χ1) is 8.76. The van der Waals surface area contributed by atoms with E-state index in [2.05, 4.69) is 5.32 Å². The topological polar surface area (TPSA) is 90.0 Å². The molecule has 1 aliphatic rings. The number of rotatable bonds is 3. The molecule has 1 rings (SSSR count). The summed E-state index contributed by atoms with van der Waals surface area (Å²) >= 11 is 0. The number of carbonyl (C=O) groups is 3. The lowest BCUT2D eigenvalue weighted by molar-refractivity contribution is -0.150. The molecule has 7 nitrogen and oxygen atoms in total. The van der Waals surface area contributed by atoms with Gasteiger partial charge in [-0.25, -0.2) is 4.79 Å². The van der Waals surface area contributed by atoms with Crippen molar-refractivity contribution in [2.24, 2.45) is 5.41 Å². The number of likely N-dealkylation sites (tertiary alicyclic amines) is 1. The molecular formula is C12H21N3O4. The lowest BCUT2D eigenvalue weighted by atomic mass is 9.82. The minimum Gasteiger partial charge on any atom is -0.481 e. The second-order valence-corrected chi connectivity index (χ2v) is 5.34. The van der Waals surface area contributed by atoms with E-state index in [1.807, 2.05) is 0 Å². The van der Waals surface area contributed by atoms with Crippen molar-refractivity contribution < 1.29 is 19.5 Å². The maximum atomic E-state index is 11.9. The molecule has 19 heavy (non-hydrogen) atoms. The van der Waals surface area contributed by atoms with E-state index < -0.39 is 11.4 Å². The Hall–Kier alpha value is -1.79. The Labute approximate surface area is 112 Å². The number of nitrogens with zero attached hydrogens (tertiary/aromatic N) is 2. The number of aliphatic carboxylic acids is 1.